The summed E-state index contributed by atoms with van der Waals surface area (Å²) in [6.45, 7) is 3.27. The Balaban J connectivity index is 2.09. The number of hydrogen-bond acceptors (Lipinski definition) is 5. The normalized spacial score (nSPS) is 23.9. The van der Waals surface area contributed by atoms with E-state index in [1.807, 2.05) is 0 Å². The van der Waals surface area contributed by atoms with Gasteiger partial charge in [0.15, 0.2) is 0 Å². The number of esters is 1. The van der Waals surface area contributed by atoms with Gasteiger partial charge in [-0.2, -0.15) is 0 Å². The van der Waals surface area contributed by atoms with E-state index in [9.17, 15) is 4.79 Å². The summed E-state index contributed by atoms with van der Waals surface area (Å²) in [7, 11) is 3.53. The molecule has 1 N–H and O–H groups in total. The molecule has 0 radical (unpaired) electrons. The van der Waals surface area contributed by atoms with Crippen molar-refractivity contribution in [1.82, 2.24) is 9.88 Å². The van der Waals surface area contributed by atoms with Gasteiger partial charge in [0.1, 0.15) is 11.4 Å². The van der Waals surface area contributed by atoms with Gasteiger partial charge in [-0.05, 0) is 38.9 Å². The summed E-state index contributed by atoms with van der Waals surface area (Å²) in [5, 5.41) is 3.38. The van der Waals surface area contributed by atoms with Crippen molar-refractivity contribution in [3.8, 4) is 0 Å². The predicted molar refractivity (Wildman–Crippen MR) is 74.3 cm³/mol. The van der Waals surface area contributed by atoms with Crippen LogP contribution in [0.3, 0.4) is 0 Å². The molecule has 1 aliphatic rings. The first-order chi connectivity index (χ1) is 9.11. The van der Waals surface area contributed by atoms with Gasteiger partial charge in [-0.25, -0.2) is 9.78 Å². The number of carbonyl (C=O) groups is 1. The molecule has 0 saturated carbocycles. The van der Waals surface area contributed by atoms with Crippen LogP contribution in [0.15, 0.2) is 18.3 Å². The van der Waals surface area contributed by atoms with E-state index in [-0.39, 0.29) is 5.97 Å². The molecule has 1 aliphatic heterocycles. The van der Waals surface area contributed by atoms with Crippen molar-refractivity contribution in [3.63, 3.8) is 0 Å². The first-order valence-corrected chi connectivity index (χ1v) is 6.62. The molecule has 0 bridgehead atoms. The van der Waals surface area contributed by atoms with E-state index in [0.717, 1.165) is 19.4 Å². The molecule has 1 aromatic heterocycles. The fourth-order valence-corrected chi connectivity index (χ4v) is 2.41. The van der Waals surface area contributed by atoms with Gasteiger partial charge in [0.25, 0.3) is 0 Å². The number of nitrogens with zero attached hydrogens (tertiary/aromatic N) is 2. The number of hydrogen-bond donors (Lipinski definition) is 1. The van der Waals surface area contributed by atoms with Crippen LogP contribution in [0.2, 0.25) is 0 Å². The van der Waals surface area contributed by atoms with Crippen molar-refractivity contribution in [3.05, 3.63) is 23.9 Å². The standard InChI is InChI=1S/C14H21N3O2/c1-10-9-11(6-8-17(10)2)16-13-12(14(18)19-3)5-4-7-15-13/h4-5,7,10-11H,6,8-9H2,1-3H3,(H,15,16). The van der Waals surface area contributed by atoms with Gasteiger partial charge < -0.3 is 15.0 Å². The molecule has 1 fully saturated rings. The van der Waals surface area contributed by atoms with Gasteiger partial charge in [-0.15, -0.1) is 0 Å². The van der Waals surface area contributed by atoms with Crippen molar-refractivity contribution in [2.75, 3.05) is 26.0 Å². The number of carbonyl (C=O) groups excluding carboxylic acids is 1. The Kier molecular flexibility index (Phi) is 4.37. The maximum Gasteiger partial charge on any atom is 0.341 e. The number of rotatable bonds is 3. The maximum absolute atomic E-state index is 11.7. The number of aromatic nitrogens is 1. The minimum atomic E-state index is -0.350. The SMILES string of the molecule is COC(=O)c1cccnc1NC1CCN(C)C(C)C1. The zero-order valence-corrected chi connectivity index (χ0v) is 11.7. The molecule has 0 amide bonds. The first kappa shape index (κ1) is 13.8. The number of anilines is 1. The predicted octanol–water partition coefficient (Wildman–Crippen LogP) is 1.76. The second-order valence-electron chi connectivity index (χ2n) is 5.09. The summed E-state index contributed by atoms with van der Waals surface area (Å²) in [5.41, 5.74) is 0.497. The fraction of sp³-hybridized carbons (Fsp3) is 0.571. The molecule has 2 unspecified atom stereocenters. The van der Waals surface area contributed by atoms with Crippen molar-refractivity contribution in [2.45, 2.75) is 31.8 Å². The molecule has 2 heterocycles. The lowest BCUT2D eigenvalue weighted by Crippen LogP contribution is -2.42. The van der Waals surface area contributed by atoms with Crippen LogP contribution >= 0.6 is 0 Å². The first-order valence-electron chi connectivity index (χ1n) is 6.62. The molecule has 19 heavy (non-hydrogen) atoms. The molecule has 1 aromatic rings. The Morgan fingerprint density at radius 1 is 1.58 bits per heavy atom. The Morgan fingerprint density at radius 3 is 3.05 bits per heavy atom. The number of ether oxygens (including phenoxy) is 1. The lowest BCUT2D eigenvalue weighted by molar-refractivity contribution is 0.0601. The average molecular weight is 263 g/mol. The van der Waals surface area contributed by atoms with E-state index in [0.29, 0.717) is 23.5 Å². The zero-order chi connectivity index (χ0) is 13.8. The number of nitrogens with one attached hydrogen (secondary N) is 1. The molecule has 5 heteroatoms. The number of methoxy groups -OCH3 is 1. The van der Waals surface area contributed by atoms with Gasteiger partial charge in [-0.1, -0.05) is 0 Å². The average Bonchev–Trinajstić information content (AvgIpc) is 2.43. The highest BCUT2D eigenvalue weighted by molar-refractivity contribution is 5.94. The van der Waals surface area contributed by atoms with Crippen molar-refractivity contribution < 1.29 is 9.53 Å². The number of pyridine rings is 1. The van der Waals surface area contributed by atoms with Crippen LogP contribution < -0.4 is 5.32 Å². The van der Waals surface area contributed by atoms with E-state index < -0.39 is 0 Å². The van der Waals surface area contributed by atoms with Crippen LogP contribution in [-0.2, 0) is 4.74 Å². The highest BCUT2D eigenvalue weighted by Crippen LogP contribution is 2.21. The molecule has 2 rings (SSSR count). The van der Waals surface area contributed by atoms with Gasteiger partial charge in [0.05, 0.1) is 7.11 Å². The van der Waals surface area contributed by atoms with Crippen LogP contribution in [0.5, 0.6) is 0 Å². The third-order valence-corrected chi connectivity index (χ3v) is 3.76. The van der Waals surface area contributed by atoms with E-state index in [4.69, 9.17) is 4.74 Å². The van der Waals surface area contributed by atoms with Gasteiger partial charge >= 0.3 is 5.97 Å². The summed E-state index contributed by atoms with van der Waals surface area (Å²) >= 11 is 0. The Hall–Kier alpha value is -1.62. The third kappa shape index (κ3) is 3.23. The summed E-state index contributed by atoms with van der Waals surface area (Å²) in [6.07, 6.45) is 3.79. The quantitative estimate of drug-likeness (QED) is 0.842. The second kappa shape index (κ2) is 6.02. The Labute approximate surface area is 114 Å². The van der Waals surface area contributed by atoms with E-state index in [1.54, 1.807) is 18.3 Å². The largest absolute Gasteiger partial charge is 0.465 e. The zero-order valence-electron chi connectivity index (χ0n) is 11.7. The summed E-state index contributed by atoms with van der Waals surface area (Å²) in [5.74, 6) is 0.271. The van der Waals surface area contributed by atoms with Crippen molar-refractivity contribution >= 4 is 11.8 Å². The number of likely N-dealkylation sites (tertiary alicyclic amines) is 1. The van der Waals surface area contributed by atoms with Crippen molar-refractivity contribution in [2.24, 2.45) is 0 Å². The van der Waals surface area contributed by atoms with Gasteiger partial charge in [-0.3, -0.25) is 0 Å². The highest BCUT2D eigenvalue weighted by Gasteiger charge is 2.24. The van der Waals surface area contributed by atoms with Gasteiger partial charge in [0, 0.05) is 24.8 Å². The molecule has 5 nitrogen and oxygen atoms in total. The summed E-state index contributed by atoms with van der Waals surface area (Å²) in [6, 6.07) is 4.37. The Morgan fingerprint density at radius 2 is 2.37 bits per heavy atom. The molecule has 0 spiro atoms. The summed E-state index contributed by atoms with van der Waals surface area (Å²) in [4.78, 5) is 18.3. The van der Waals surface area contributed by atoms with Crippen LogP contribution in [0.25, 0.3) is 0 Å². The maximum atomic E-state index is 11.7. The number of piperidine rings is 1. The van der Waals surface area contributed by atoms with Crippen LogP contribution in [-0.4, -0.2) is 48.6 Å². The highest BCUT2D eigenvalue weighted by atomic mass is 16.5. The molecule has 0 aromatic carbocycles. The fourth-order valence-electron chi connectivity index (χ4n) is 2.41. The molecule has 1 saturated heterocycles. The molecule has 104 valence electrons. The Bertz CT molecular complexity index is 450. The molecule has 0 aliphatic carbocycles. The van der Waals surface area contributed by atoms with E-state index >= 15 is 0 Å². The monoisotopic (exact) mass is 263 g/mol. The van der Waals surface area contributed by atoms with Crippen LogP contribution in [0.4, 0.5) is 5.82 Å². The minimum Gasteiger partial charge on any atom is -0.465 e. The molecular weight excluding hydrogens is 242 g/mol. The van der Waals surface area contributed by atoms with E-state index in [2.05, 4.69) is 29.2 Å². The van der Waals surface area contributed by atoms with E-state index in [1.165, 1.54) is 7.11 Å². The second-order valence-corrected chi connectivity index (χ2v) is 5.09. The van der Waals surface area contributed by atoms with Crippen LogP contribution in [0.1, 0.15) is 30.1 Å². The third-order valence-electron chi connectivity index (χ3n) is 3.76. The molecule has 2 atom stereocenters. The van der Waals surface area contributed by atoms with Crippen molar-refractivity contribution in [1.29, 1.82) is 0 Å². The van der Waals surface area contributed by atoms with Crippen LogP contribution in [0, 0.1) is 0 Å². The summed E-state index contributed by atoms with van der Waals surface area (Å²) < 4.78 is 4.78. The smallest absolute Gasteiger partial charge is 0.341 e. The molecular formula is C14H21N3O2. The minimum absolute atomic E-state index is 0.350. The lowest BCUT2D eigenvalue weighted by atomic mass is 9.99. The topological polar surface area (TPSA) is 54.5 Å². The lowest BCUT2D eigenvalue weighted by Gasteiger charge is -2.35. The van der Waals surface area contributed by atoms with Gasteiger partial charge in [0.2, 0.25) is 0 Å².